The van der Waals surface area contributed by atoms with Gasteiger partial charge in [0.2, 0.25) is 5.76 Å². The monoisotopic (exact) mass is 662 g/mol. The number of benzene rings is 2. The summed E-state index contributed by atoms with van der Waals surface area (Å²) in [4.78, 5) is 27.6. The maximum Gasteiger partial charge on any atom is 0.371 e. The third-order valence-electron chi connectivity index (χ3n) is 8.93. The molecule has 6 rings (SSSR count). The topological polar surface area (TPSA) is 103 Å². The molecule has 0 aliphatic carbocycles. The molecule has 0 saturated carbocycles. The molecule has 0 unspecified atom stereocenters. The summed E-state index contributed by atoms with van der Waals surface area (Å²) in [6.45, 7) is 11.0. The molecular weight excluding hydrogens is 627 g/mol. The first-order chi connectivity index (χ1) is 21.9. The zero-order valence-corrected chi connectivity index (χ0v) is 28.2. The van der Waals surface area contributed by atoms with Gasteiger partial charge in [-0.25, -0.2) is 4.79 Å². The summed E-state index contributed by atoms with van der Waals surface area (Å²) in [5.74, 6) is -0.284. The van der Waals surface area contributed by atoms with Crippen molar-refractivity contribution >= 4 is 46.0 Å². The van der Waals surface area contributed by atoms with E-state index in [-0.39, 0.29) is 24.3 Å². The van der Waals surface area contributed by atoms with Gasteiger partial charge in [0.25, 0.3) is 5.91 Å². The Morgan fingerprint density at radius 3 is 2.43 bits per heavy atom. The second-order valence-electron chi connectivity index (χ2n) is 12.1. The van der Waals surface area contributed by atoms with E-state index in [4.69, 9.17) is 32.4 Å². The molecule has 1 amide bonds. The number of carboxylic acid groups (broad SMARTS) is 1. The minimum atomic E-state index is -1.15. The number of fused-ring (bicyclic) bond motifs is 3. The molecule has 0 fully saturated rings. The van der Waals surface area contributed by atoms with Crippen molar-refractivity contribution in [2.75, 3.05) is 6.61 Å². The molecule has 46 heavy (non-hydrogen) atoms. The van der Waals surface area contributed by atoms with Crippen LogP contribution in [0.2, 0.25) is 10.0 Å². The highest BCUT2D eigenvalue weighted by Crippen LogP contribution is 2.43. The normalized spacial score (nSPS) is 14.7. The first kappa shape index (κ1) is 31.8. The van der Waals surface area contributed by atoms with Crippen molar-refractivity contribution < 1.29 is 23.8 Å². The number of ether oxygens (including phenoxy) is 1. The number of nitrogens with zero attached hydrogens (tertiary/aromatic N) is 4. The van der Waals surface area contributed by atoms with Crippen LogP contribution in [-0.2, 0) is 26.6 Å². The number of hydrogen-bond acceptors (Lipinski definition) is 5. The van der Waals surface area contributed by atoms with Crippen LogP contribution in [0.1, 0.15) is 68.2 Å². The van der Waals surface area contributed by atoms with E-state index >= 15 is 0 Å². The quantitative estimate of drug-likeness (QED) is 0.161. The Kier molecular flexibility index (Phi) is 8.42. The number of amides is 1. The lowest BCUT2D eigenvalue weighted by molar-refractivity contribution is 0.0575. The van der Waals surface area contributed by atoms with Crippen LogP contribution in [-0.4, -0.2) is 48.9 Å². The Hall–Kier alpha value is -4.21. The summed E-state index contributed by atoms with van der Waals surface area (Å²) in [5.41, 5.74) is 8.01. The molecule has 0 radical (unpaired) electrons. The maximum atomic E-state index is 14.4. The van der Waals surface area contributed by atoms with Gasteiger partial charge in [0.05, 0.1) is 29.4 Å². The number of rotatable bonds is 9. The van der Waals surface area contributed by atoms with Crippen molar-refractivity contribution in [3.63, 3.8) is 0 Å². The predicted octanol–water partition coefficient (Wildman–Crippen LogP) is 7.93. The zero-order chi connectivity index (χ0) is 33.0. The standard InChI is InChI=1S/C35H36Cl2N4O5/c1-18-14-24(15-19(2)31(18)37)45-13-7-8-25-26-10-11-27(36)30(29-21(4)38-39(6)22(29)5)32(26)41-16-20(3)40(34(42)33(25)41)17-23-9-12-28(46-23)35(43)44/h9-12,14-15,20H,7-8,13,16-17H2,1-6H3,(H,43,44)/t20-/m0/s1. The Bertz CT molecular complexity index is 2000. The Morgan fingerprint density at radius 2 is 1.80 bits per heavy atom. The molecule has 0 bridgehead atoms. The number of furan rings is 1. The summed E-state index contributed by atoms with van der Waals surface area (Å²) in [6.07, 6.45) is 1.26. The van der Waals surface area contributed by atoms with Crippen molar-refractivity contribution in [2.24, 2.45) is 7.05 Å². The maximum absolute atomic E-state index is 14.4. The van der Waals surface area contributed by atoms with Gasteiger partial charge in [-0.15, -0.1) is 0 Å². The third-order valence-corrected chi connectivity index (χ3v) is 9.84. The fraction of sp³-hybridized carbons (Fsp3) is 0.343. The van der Waals surface area contributed by atoms with Crippen molar-refractivity contribution in [3.05, 3.63) is 91.7 Å². The number of aromatic carboxylic acids is 1. The molecule has 240 valence electrons. The van der Waals surface area contributed by atoms with E-state index in [1.807, 2.05) is 70.6 Å². The Morgan fingerprint density at radius 1 is 1.09 bits per heavy atom. The number of carbonyl (C=O) groups is 2. The molecule has 4 heterocycles. The molecule has 3 aromatic heterocycles. The molecule has 1 aliphatic rings. The van der Waals surface area contributed by atoms with Crippen molar-refractivity contribution in [1.82, 2.24) is 19.2 Å². The van der Waals surface area contributed by atoms with Crippen LogP contribution in [0.5, 0.6) is 5.75 Å². The van der Waals surface area contributed by atoms with E-state index in [0.29, 0.717) is 42.5 Å². The highest BCUT2D eigenvalue weighted by Gasteiger charge is 2.36. The fourth-order valence-electron chi connectivity index (χ4n) is 6.65. The Balaban J connectivity index is 1.42. The lowest BCUT2D eigenvalue weighted by Gasteiger charge is -2.35. The van der Waals surface area contributed by atoms with Gasteiger partial charge in [-0.05, 0) is 94.5 Å². The SMILES string of the molecule is Cc1cc(OCCCc2c3n(c4c(-c5c(C)nn(C)c5C)c(Cl)ccc24)C[C@H](C)N(Cc2ccc(C(=O)O)o2)C3=O)cc(C)c1Cl. The van der Waals surface area contributed by atoms with E-state index in [1.54, 1.807) is 11.0 Å². The van der Waals surface area contributed by atoms with Gasteiger partial charge in [0.1, 0.15) is 17.2 Å². The summed E-state index contributed by atoms with van der Waals surface area (Å²) >= 11 is 13.3. The number of hydrogen-bond donors (Lipinski definition) is 1. The largest absolute Gasteiger partial charge is 0.494 e. The van der Waals surface area contributed by atoms with Gasteiger partial charge in [0.15, 0.2) is 0 Å². The first-order valence-electron chi connectivity index (χ1n) is 15.2. The van der Waals surface area contributed by atoms with Crippen LogP contribution in [0.3, 0.4) is 0 Å². The number of carbonyl (C=O) groups excluding carboxylic acids is 1. The Labute approximate surface area is 277 Å². The second kappa shape index (κ2) is 12.2. The van der Waals surface area contributed by atoms with Gasteiger partial charge < -0.3 is 23.7 Å². The lowest BCUT2D eigenvalue weighted by Crippen LogP contribution is -2.46. The van der Waals surface area contributed by atoms with E-state index in [0.717, 1.165) is 60.9 Å². The van der Waals surface area contributed by atoms with Crippen LogP contribution in [0.4, 0.5) is 0 Å². The van der Waals surface area contributed by atoms with Crippen LogP contribution >= 0.6 is 23.2 Å². The smallest absolute Gasteiger partial charge is 0.371 e. The van der Waals surface area contributed by atoms with Crippen LogP contribution in [0.15, 0.2) is 40.8 Å². The molecule has 0 spiro atoms. The van der Waals surface area contributed by atoms with Gasteiger partial charge in [-0.1, -0.05) is 29.3 Å². The molecule has 9 nitrogen and oxygen atoms in total. The molecule has 1 atom stereocenters. The van der Waals surface area contributed by atoms with Gasteiger partial charge in [-0.2, -0.15) is 5.10 Å². The minimum Gasteiger partial charge on any atom is -0.494 e. The van der Waals surface area contributed by atoms with E-state index < -0.39 is 5.97 Å². The average molecular weight is 664 g/mol. The van der Waals surface area contributed by atoms with E-state index in [2.05, 4.69) is 9.67 Å². The minimum absolute atomic E-state index is 0.148. The van der Waals surface area contributed by atoms with Crippen LogP contribution in [0.25, 0.3) is 22.0 Å². The summed E-state index contributed by atoms with van der Waals surface area (Å²) in [5, 5.41) is 16.3. The lowest BCUT2D eigenvalue weighted by atomic mass is 9.98. The van der Waals surface area contributed by atoms with Gasteiger partial charge in [-0.3, -0.25) is 9.48 Å². The third kappa shape index (κ3) is 5.45. The average Bonchev–Trinajstić information content (AvgIpc) is 3.67. The summed E-state index contributed by atoms with van der Waals surface area (Å²) in [7, 11) is 1.91. The van der Waals surface area contributed by atoms with Crippen LogP contribution < -0.4 is 4.74 Å². The number of carboxylic acids is 1. The highest BCUT2D eigenvalue weighted by molar-refractivity contribution is 6.35. The number of aryl methyl sites for hydroxylation is 5. The second-order valence-corrected chi connectivity index (χ2v) is 12.9. The van der Waals surface area contributed by atoms with Gasteiger partial charge in [0, 0.05) is 46.9 Å². The zero-order valence-electron chi connectivity index (χ0n) is 26.7. The van der Waals surface area contributed by atoms with Crippen molar-refractivity contribution in [3.8, 4) is 16.9 Å². The number of halogens is 2. The molecule has 1 aliphatic heterocycles. The summed E-state index contributed by atoms with van der Waals surface area (Å²) in [6, 6.07) is 10.6. The van der Waals surface area contributed by atoms with E-state index in [9.17, 15) is 14.7 Å². The molecule has 5 aromatic rings. The van der Waals surface area contributed by atoms with Crippen LogP contribution in [0, 0.1) is 27.7 Å². The van der Waals surface area contributed by atoms with E-state index in [1.165, 1.54) is 6.07 Å². The van der Waals surface area contributed by atoms with Gasteiger partial charge >= 0.3 is 5.97 Å². The predicted molar refractivity (Wildman–Crippen MR) is 178 cm³/mol. The highest BCUT2D eigenvalue weighted by atomic mass is 35.5. The molecule has 0 saturated heterocycles. The number of aromatic nitrogens is 3. The first-order valence-corrected chi connectivity index (χ1v) is 16.0. The molecule has 11 heteroatoms. The molecular formula is C35H36Cl2N4O5. The van der Waals surface area contributed by atoms with Crippen molar-refractivity contribution in [2.45, 2.75) is 66.6 Å². The summed E-state index contributed by atoms with van der Waals surface area (Å²) < 4.78 is 15.6. The fourth-order valence-corrected chi connectivity index (χ4v) is 7.00. The molecule has 2 aromatic carbocycles. The van der Waals surface area contributed by atoms with Crippen molar-refractivity contribution in [1.29, 1.82) is 0 Å². The molecule has 1 N–H and O–H groups in total.